The number of hydrogen-bond acceptors (Lipinski definition) is 2. The summed E-state index contributed by atoms with van der Waals surface area (Å²) in [5.74, 6) is 0. The molecule has 0 N–H and O–H groups in total. The van der Waals surface area contributed by atoms with Gasteiger partial charge in [-0.15, -0.1) is 0 Å². The van der Waals surface area contributed by atoms with Crippen LogP contribution in [0.4, 0.5) is 0 Å². The highest BCUT2D eigenvalue weighted by Crippen LogP contribution is 2.31. The fraction of sp³-hybridized carbons (Fsp3) is 0.250. The van der Waals surface area contributed by atoms with Gasteiger partial charge in [-0.05, 0) is 12.5 Å². The third-order valence-corrected chi connectivity index (χ3v) is 1.84. The molecule has 0 aliphatic carbocycles. The highest BCUT2D eigenvalue weighted by atomic mass is 32.2. The Morgan fingerprint density at radius 3 is 1.90 bits per heavy atom. The lowest BCUT2D eigenvalue weighted by Gasteiger charge is -2.15. The number of thiol groups is 2. The SMILES string of the molecule is CC(S)(S)c1ccccc1. The van der Waals surface area contributed by atoms with E-state index in [1.54, 1.807) is 0 Å². The predicted octanol–water partition coefficient (Wildman–Crippen LogP) is 2.72. The van der Waals surface area contributed by atoms with Crippen molar-refractivity contribution in [1.29, 1.82) is 0 Å². The van der Waals surface area contributed by atoms with E-state index in [2.05, 4.69) is 25.3 Å². The lowest BCUT2D eigenvalue weighted by molar-refractivity contribution is 1.03. The summed E-state index contributed by atoms with van der Waals surface area (Å²) < 4.78 is -0.318. The van der Waals surface area contributed by atoms with E-state index >= 15 is 0 Å². The predicted molar refractivity (Wildman–Crippen MR) is 51.8 cm³/mol. The van der Waals surface area contributed by atoms with Gasteiger partial charge in [-0.3, -0.25) is 0 Å². The molecule has 0 saturated carbocycles. The van der Waals surface area contributed by atoms with Crippen molar-refractivity contribution in [2.75, 3.05) is 0 Å². The van der Waals surface area contributed by atoms with Crippen LogP contribution in [-0.2, 0) is 4.08 Å². The zero-order valence-corrected chi connectivity index (χ0v) is 7.57. The largest absolute Gasteiger partial charge is 0.157 e. The molecule has 54 valence electrons. The summed E-state index contributed by atoms with van der Waals surface area (Å²) in [6.45, 7) is 1.95. The molecule has 0 fully saturated rings. The molecule has 1 rings (SSSR count). The molecule has 0 unspecified atom stereocenters. The number of hydrogen-bond donors (Lipinski definition) is 2. The van der Waals surface area contributed by atoms with Crippen molar-refractivity contribution >= 4 is 25.3 Å². The summed E-state index contributed by atoms with van der Waals surface area (Å²) in [7, 11) is 0. The quantitative estimate of drug-likeness (QED) is 0.470. The monoisotopic (exact) mass is 170 g/mol. The van der Waals surface area contributed by atoms with Gasteiger partial charge in [-0.2, -0.15) is 25.3 Å². The molecule has 0 amide bonds. The second-order valence-electron chi connectivity index (χ2n) is 2.39. The van der Waals surface area contributed by atoms with Crippen molar-refractivity contribution in [3.8, 4) is 0 Å². The molecule has 0 spiro atoms. The van der Waals surface area contributed by atoms with Crippen LogP contribution in [0.1, 0.15) is 12.5 Å². The molecule has 0 saturated heterocycles. The van der Waals surface area contributed by atoms with Crippen molar-refractivity contribution < 1.29 is 0 Å². The van der Waals surface area contributed by atoms with Gasteiger partial charge in [-0.25, -0.2) is 0 Å². The molecule has 0 aromatic heterocycles. The van der Waals surface area contributed by atoms with Crippen LogP contribution >= 0.6 is 25.3 Å². The Hall–Kier alpha value is -0.0800. The minimum Gasteiger partial charge on any atom is -0.157 e. The molecule has 0 bridgehead atoms. The first-order chi connectivity index (χ1) is 4.61. The van der Waals surface area contributed by atoms with E-state index in [1.165, 1.54) is 0 Å². The van der Waals surface area contributed by atoms with Gasteiger partial charge in [0.1, 0.15) is 0 Å². The van der Waals surface area contributed by atoms with Crippen molar-refractivity contribution in [3.63, 3.8) is 0 Å². The van der Waals surface area contributed by atoms with E-state index < -0.39 is 0 Å². The normalized spacial score (nSPS) is 11.5. The molecular weight excluding hydrogens is 160 g/mol. The minimum atomic E-state index is -0.318. The second kappa shape index (κ2) is 2.89. The third kappa shape index (κ3) is 1.96. The fourth-order valence-electron chi connectivity index (χ4n) is 0.754. The Balaban J connectivity index is 2.97. The summed E-state index contributed by atoms with van der Waals surface area (Å²) in [5.41, 5.74) is 1.13. The van der Waals surface area contributed by atoms with Crippen LogP contribution in [0.25, 0.3) is 0 Å². The van der Waals surface area contributed by atoms with Crippen molar-refractivity contribution in [3.05, 3.63) is 35.9 Å². The zero-order chi connectivity index (χ0) is 7.61. The summed E-state index contributed by atoms with van der Waals surface area (Å²) in [6, 6.07) is 9.98. The van der Waals surface area contributed by atoms with Crippen molar-refractivity contribution in [2.24, 2.45) is 0 Å². The maximum absolute atomic E-state index is 4.31. The summed E-state index contributed by atoms with van der Waals surface area (Å²) in [4.78, 5) is 0. The van der Waals surface area contributed by atoms with Gasteiger partial charge in [0.2, 0.25) is 0 Å². The van der Waals surface area contributed by atoms with Crippen LogP contribution in [0.3, 0.4) is 0 Å². The van der Waals surface area contributed by atoms with Gasteiger partial charge in [-0.1, -0.05) is 30.3 Å². The zero-order valence-electron chi connectivity index (χ0n) is 5.78. The van der Waals surface area contributed by atoms with E-state index in [1.807, 2.05) is 37.3 Å². The Labute approximate surface area is 72.5 Å². The fourth-order valence-corrected chi connectivity index (χ4v) is 1.05. The Kier molecular flexibility index (Phi) is 2.32. The van der Waals surface area contributed by atoms with Gasteiger partial charge >= 0.3 is 0 Å². The van der Waals surface area contributed by atoms with Gasteiger partial charge in [0.05, 0.1) is 4.08 Å². The highest BCUT2D eigenvalue weighted by Gasteiger charge is 2.13. The summed E-state index contributed by atoms with van der Waals surface area (Å²) in [5, 5.41) is 0. The van der Waals surface area contributed by atoms with Gasteiger partial charge in [0.15, 0.2) is 0 Å². The highest BCUT2D eigenvalue weighted by molar-refractivity contribution is 7.99. The van der Waals surface area contributed by atoms with E-state index in [-0.39, 0.29) is 4.08 Å². The van der Waals surface area contributed by atoms with Gasteiger partial charge < -0.3 is 0 Å². The first kappa shape index (κ1) is 8.02. The van der Waals surface area contributed by atoms with Crippen LogP contribution < -0.4 is 0 Å². The van der Waals surface area contributed by atoms with E-state index in [4.69, 9.17) is 0 Å². The van der Waals surface area contributed by atoms with E-state index in [0.29, 0.717) is 0 Å². The Bertz CT molecular complexity index is 198. The molecular formula is C8H10S2. The molecule has 0 aliphatic heterocycles. The summed E-state index contributed by atoms with van der Waals surface area (Å²) in [6.07, 6.45) is 0. The van der Waals surface area contributed by atoms with Crippen LogP contribution in [-0.4, -0.2) is 0 Å². The summed E-state index contributed by atoms with van der Waals surface area (Å²) >= 11 is 8.62. The lowest BCUT2D eigenvalue weighted by Crippen LogP contribution is -2.02. The standard InChI is InChI=1S/C8H10S2/c1-8(9,10)7-5-3-2-4-6-7/h2-6,9-10H,1H3. The van der Waals surface area contributed by atoms with Gasteiger partial charge in [0, 0.05) is 0 Å². The molecule has 0 heterocycles. The molecule has 1 aromatic carbocycles. The molecule has 2 heteroatoms. The van der Waals surface area contributed by atoms with Crippen LogP contribution in [0.15, 0.2) is 30.3 Å². The number of rotatable bonds is 1. The minimum absolute atomic E-state index is 0.318. The first-order valence-corrected chi connectivity index (χ1v) is 4.00. The number of benzene rings is 1. The third-order valence-electron chi connectivity index (χ3n) is 1.32. The van der Waals surface area contributed by atoms with Crippen LogP contribution in [0, 0.1) is 0 Å². The first-order valence-electron chi connectivity index (χ1n) is 3.11. The van der Waals surface area contributed by atoms with E-state index in [9.17, 15) is 0 Å². The van der Waals surface area contributed by atoms with Crippen LogP contribution in [0.2, 0.25) is 0 Å². The van der Waals surface area contributed by atoms with Crippen molar-refractivity contribution in [1.82, 2.24) is 0 Å². The average Bonchev–Trinajstić information content (AvgIpc) is 1.88. The maximum atomic E-state index is 4.31. The average molecular weight is 170 g/mol. The van der Waals surface area contributed by atoms with Crippen LogP contribution in [0.5, 0.6) is 0 Å². The molecule has 0 atom stereocenters. The molecule has 0 aliphatic rings. The molecule has 1 aromatic rings. The Morgan fingerprint density at radius 1 is 1.10 bits per heavy atom. The topological polar surface area (TPSA) is 0 Å². The molecule has 0 radical (unpaired) electrons. The Morgan fingerprint density at radius 2 is 1.60 bits per heavy atom. The lowest BCUT2D eigenvalue weighted by atomic mass is 10.2. The molecule has 10 heavy (non-hydrogen) atoms. The second-order valence-corrected chi connectivity index (χ2v) is 4.53. The smallest absolute Gasteiger partial charge is 0.0773 e. The molecule has 0 nitrogen and oxygen atoms in total. The van der Waals surface area contributed by atoms with Crippen molar-refractivity contribution in [2.45, 2.75) is 11.0 Å². The maximum Gasteiger partial charge on any atom is 0.0773 e. The van der Waals surface area contributed by atoms with Gasteiger partial charge in [0.25, 0.3) is 0 Å². The van der Waals surface area contributed by atoms with E-state index in [0.717, 1.165) is 5.56 Å².